The van der Waals surface area contributed by atoms with E-state index in [-0.39, 0.29) is 5.56 Å². The van der Waals surface area contributed by atoms with E-state index in [1.807, 2.05) is 4.90 Å². The zero-order valence-electron chi connectivity index (χ0n) is 12.6. The second-order valence-corrected chi connectivity index (χ2v) is 5.53. The molecule has 0 spiro atoms. The number of rotatable bonds is 3. The molecule has 1 saturated heterocycles. The molecule has 0 aromatic carbocycles. The van der Waals surface area contributed by atoms with Crippen LogP contribution in [0.5, 0.6) is 0 Å². The van der Waals surface area contributed by atoms with Crippen LogP contribution in [-0.4, -0.2) is 58.4 Å². The van der Waals surface area contributed by atoms with Gasteiger partial charge in [0.15, 0.2) is 5.82 Å². The fourth-order valence-electron chi connectivity index (χ4n) is 2.52. The summed E-state index contributed by atoms with van der Waals surface area (Å²) in [6.07, 6.45) is 0. The molecule has 0 radical (unpaired) electrons. The Hall–Kier alpha value is -1.69. The Labute approximate surface area is 119 Å². The largest absolute Gasteiger partial charge is 0.478 e. The monoisotopic (exact) mass is 278 g/mol. The van der Waals surface area contributed by atoms with E-state index in [2.05, 4.69) is 28.9 Å². The smallest absolute Gasteiger partial charge is 0.339 e. The van der Waals surface area contributed by atoms with Gasteiger partial charge in [-0.25, -0.2) is 4.79 Å². The third kappa shape index (κ3) is 2.75. The summed E-state index contributed by atoms with van der Waals surface area (Å²) in [5.74, 6) is -0.425. The Balaban J connectivity index is 2.26. The van der Waals surface area contributed by atoms with Crippen LogP contribution in [-0.2, 0) is 0 Å². The number of hydrogen-bond donors (Lipinski definition) is 1. The number of aromatic nitrogens is 2. The van der Waals surface area contributed by atoms with Gasteiger partial charge in [-0.2, -0.15) is 5.10 Å². The normalized spacial score (nSPS) is 16.8. The van der Waals surface area contributed by atoms with Crippen LogP contribution in [0.4, 0.5) is 5.82 Å². The Morgan fingerprint density at radius 1 is 1.15 bits per heavy atom. The van der Waals surface area contributed by atoms with Gasteiger partial charge in [-0.1, -0.05) is 0 Å². The van der Waals surface area contributed by atoms with Crippen molar-refractivity contribution < 1.29 is 9.90 Å². The molecule has 0 bridgehead atoms. The first kappa shape index (κ1) is 14.7. The molecule has 1 aromatic heterocycles. The van der Waals surface area contributed by atoms with Gasteiger partial charge in [0.05, 0.1) is 5.69 Å². The predicted molar refractivity (Wildman–Crippen MR) is 77.4 cm³/mol. The SMILES string of the molecule is Cc1nnc(N2CCN(C(C)C)CC2)c(C(=O)O)c1C. The van der Waals surface area contributed by atoms with Crippen LogP contribution < -0.4 is 4.90 Å². The van der Waals surface area contributed by atoms with Gasteiger partial charge in [0.1, 0.15) is 5.56 Å². The van der Waals surface area contributed by atoms with Crippen LogP contribution in [0.25, 0.3) is 0 Å². The van der Waals surface area contributed by atoms with E-state index in [4.69, 9.17) is 0 Å². The maximum Gasteiger partial charge on any atom is 0.339 e. The van der Waals surface area contributed by atoms with Gasteiger partial charge in [0.2, 0.25) is 0 Å². The molecule has 1 fully saturated rings. The predicted octanol–water partition coefficient (Wildman–Crippen LogP) is 1.32. The van der Waals surface area contributed by atoms with Crippen molar-refractivity contribution in [2.24, 2.45) is 0 Å². The highest BCUT2D eigenvalue weighted by molar-refractivity contribution is 5.95. The zero-order valence-corrected chi connectivity index (χ0v) is 12.6. The van der Waals surface area contributed by atoms with E-state index < -0.39 is 5.97 Å². The molecule has 2 heterocycles. The Kier molecular flexibility index (Phi) is 4.23. The van der Waals surface area contributed by atoms with Crippen molar-refractivity contribution in [1.29, 1.82) is 0 Å². The van der Waals surface area contributed by atoms with Gasteiger partial charge in [-0.05, 0) is 33.3 Å². The van der Waals surface area contributed by atoms with Crippen molar-refractivity contribution in [3.63, 3.8) is 0 Å². The Morgan fingerprint density at radius 2 is 1.75 bits per heavy atom. The lowest BCUT2D eigenvalue weighted by molar-refractivity contribution is 0.0695. The molecular formula is C14H22N4O2. The van der Waals surface area contributed by atoms with E-state index in [0.29, 0.717) is 23.1 Å². The summed E-state index contributed by atoms with van der Waals surface area (Å²) in [5, 5.41) is 17.6. The standard InChI is InChI=1S/C14H22N4O2/c1-9(2)17-5-7-18(8-6-17)13-12(14(19)20)10(3)11(4)15-16-13/h9H,5-8H2,1-4H3,(H,19,20). The van der Waals surface area contributed by atoms with Gasteiger partial charge in [0, 0.05) is 32.2 Å². The number of carboxylic acid groups (broad SMARTS) is 1. The highest BCUT2D eigenvalue weighted by Crippen LogP contribution is 2.23. The molecule has 1 aliphatic heterocycles. The minimum atomic E-state index is -0.929. The van der Waals surface area contributed by atoms with Gasteiger partial charge in [0.25, 0.3) is 0 Å². The van der Waals surface area contributed by atoms with Crippen LogP contribution in [0.3, 0.4) is 0 Å². The fraction of sp³-hybridized carbons (Fsp3) is 0.643. The first-order valence-corrected chi connectivity index (χ1v) is 6.98. The summed E-state index contributed by atoms with van der Waals surface area (Å²) in [7, 11) is 0. The second-order valence-electron chi connectivity index (χ2n) is 5.53. The minimum absolute atomic E-state index is 0.287. The third-order valence-electron chi connectivity index (χ3n) is 3.99. The second kappa shape index (κ2) is 5.75. The third-order valence-corrected chi connectivity index (χ3v) is 3.99. The number of aromatic carboxylic acids is 1. The average molecular weight is 278 g/mol. The lowest BCUT2D eigenvalue weighted by atomic mass is 10.1. The van der Waals surface area contributed by atoms with Crippen molar-refractivity contribution in [3.05, 3.63) is 16.8 Å². The summed E-state index contributed by atoms with van der Waals surface area (Å²) >= 11 is 0. The molecule has 2 rings (SSSR count). The number of anilines is 1. The van der Waals surface area contributed by atoms with E-state index in [1.165, 1.54) is 0 Å². The Morgan fingerprint density at radius 3 is 2.25 bits per heavy atom. The first-order valence-electron chi connectivity index (χ1n) is 6.98. The molecule has 0 atom stereocenters. The summed E-state index contributed by atoms with van der Waals surface area (Å²) < 4.78 is 0. The highest BCUT2D eigenvalue weighted by atomic mass is 16.4. The molecule has 6 nitrogen and oxygen atoms in total. The quantitative estimate of drug-likeness (QED) is 0.899. The lowest BCUT2D eigenvalue weighted by Crippen LogP contribution is -2.49. The van der Waals surface area contributed by atoms with Gasteiger partial charge in [-0.15, -0.1) is 5.10 Å². The summed E-state index contributed by atoms with van der Waals surface area (Å²) in [6, 6.07) is 0.516. The van der Waals surface area contributed by atoms with Crippen LogP contribution in [0.15, 0.2) is 0 Å². The molecule has 6 heteroatoms. The number of hydrogen-bond acceptors (Lipinski definition) is 5. The maximum absolute atomic E-state index is 11.5. The van der Waals surface area contributed by atoms with Crippen molar-refractivity contribution in [1.82, 2.24) is 15.1 Å². The van der Waals surface area contributed by atoms with Gasteiger partial charge < -0.3 is 10.0 Å². The Bertz CT molecular complexity index is 508. The van der Waals surface area contributed by atoms with E-state index in [9.17, 15) is 9.90 Å². The van der Waals surface area contributed by atoms with Gasteiger partial charge >= 0.3 is 5.97 Å². The molecule has 0 saturated carbocycles. The molecule has 20 heavy (non-hydrogen) atoms. The molecule has 1 N–H and O–H groups in total. The van der Waals surface area contributed by atoms with Crippen LogP contribution in [0.1, 0.15) is 35.5 Å². The van der Waals surface area contributed by atoms with Crippen LogP contribution >= 0.6 is 0 Å². The summed E-state index contributed by atoms with van der Waals surface area (Å²) in [6.45, 7) is 11.3. The first-order chi connectivity index (χ1) is 9.41. The fourth-order valence-corrected chi connectivity index (χ4v) is 2.52. The topological polar surface area (TPSA) is 69.6 Å². The number of carboxylic acids is 1. The molecule has 0 amide bonds. The van der Waals surface area contributed by atoms with Crippen LogP contribution in [0.2, 0.25) is 0 Å². The number of piperazine rings is 1. The van der Waals surface area contributed by atoms with E-state index in [0.717, 1.165) is 26.2 Å². The molecule has 1 aliphatic rings. The molecule has 0 aliphatic carbocycles. The highest BCUT2D eigenvalue weighted by Gasteiger charge is 2.26. The van der Waals surface area contributed by atoms with Crippen LogP contribution in [0, 0.1) is 13.8 Å². The molecular weight excluding hydrogens is 256 g/mol. The summed E-state index contributed by atoms with van der Waals surface area (Å²) in [4.78, 5) is 15.9. The van der Waals surface area contributed by atoms with E-state index >= 15 is 0 Å². The molecule has 0 unspecified atom stereocenters. The number of aryl methyl sites for hydroxylation is 1. The summed E-state index contributed by atoms with van der Waals surface area (Å²) in [5.41, 5.74) is 1.66. The zero-order chi connectivity index (χ0) is 14.9. The molecule has 1 aromatic rings. The number of nitrogens with zero attached hydrogens (tertiary/aromatic N) is 4. The molecule has 110 valence electrons. The van der Waals surface area contributed by atoms with Crippen molar-refractivity contribution in [2.75, 3.05) is 31.1 Å². The average Bonchev–Trinajstić information content (AvgIpc) is 2.41. The van der Waals surface area contributed by atoms with Crippen molar-refractivity contribution in [3.8, 4) is 0 Å². The van der Waals surface area contributed by atoms with Crippen molar-refractivity contribution >= 4 is 11.8 Å². The van der Waals surface area contributed by atoms with Crippen molar-refractivity contribution in [2.45, 2.75) is 33.7 Å². The van der Waals surface area contributed by atoms with Gasteiger partial charge in [-0.3, -0.25) is 4.90 Å². The number of carbonyl (C=O) groups is 1. The lowest BCUT2D eigenvalue weighted by Gasteiger charge is -2.37. The van der Waals surface area contributed by atoms with E-state index in [1.54, 1.807) is 13.8 Å². The minimum Gasteiger partial charge on any atom is -0.478 e. The maximum atomic E-state index is 11.5.